The number of aromatic nitrogens is 2. The molecule has 3 heterocycles. The minimum absolute atomic E-state index is 0.0282. The van der Waals surface area contributed by atoms with Gasteiger partial charge in [0.2, 0.25) is 5.76 Å². The van der Waals surface area contributed by atoms with Crippen molar-refractivity contribution in [2.24, 2.45) is 11.3 Å². The Morgan fingerprint density at radius 3 is 2.89 bits per heavy atom. The molecule has 3 aromatic heterocycles. The molecule has 0 saturated heterocycles. The van der Waals surface area contributed by atoms with Gasteiger partial charge in [0, 0.05) is 10.3 Å². The second-order valence-electron chi connectivity index (χ2n) is 8.03. The van der Waals surface area contributed by atoms with Crippen LogP contribution in [-0.2, 0) is 18.6 Å². The zero-order chi connectivity index (χ0) is 19.2. The standard InChI is InChI=1S/C20H22N2O3S2/c1-20(2,3)11-4-6-13-15(8-11)27-18-16(13)17(21-10-22-18)26-9-12-5-7-14(25-12)19(23)24/h5,7,10-11H,4,6,8-9H2,1-3H3,(H,23,24). The number of thiophene rings is 1. The Morgan fingerprint density at radius 1 is 1.37 bits per heavy atom. The third-order valence-electron chi connectivity index (χ3n) is 5.26. The van der Waals surface area contributed by atoms with Gasteiger partial charge in [-0.25, -0.2) is 14.8 Å². The van der Waals surface area contributed by atoms with Crippen LogP contribution in [0.5, 0.6) is 0 Å². The van der Waals surface area contributed by atoms with Crippen LogP contribution in [0.25, 0.3) is 10.2 Å². The second-order valence-corrected chi connectivity index (χ2v) is 10.1. The molecule has 0 saturated carbocycles. The van der Waals surface area contributed by atoms with Gasteiger partial charge in [0.1, 0.15) is 21.9 Å². The van der Waals surface area contributed by atoms with Gasteiger partial charge in [-0.2, -0.15) is 0 Å². The first-order valence-electron chi connectivity index (χ1n) is 9.03. The van der Waals surface area contributed by atoms with Gasteiger partial charge in [-0.3, -0.25) is 0 Å². The lowest BCUT2D eigenvalue weighted by atomic mass is 9.72. The van der Waals surface area contributed by atoms with E-state index in [1.165, 1.54) is 28.3 Å². The summed E-state index contributed by atoms with van der Waals surface area (Å²) in [5.74, 6) is 0.811. The zero-order valence-corrected chi connectivity index (χ0v) is 17.2. The molecular weight excluding hydrogens is 380 g/mol. The van der Waals surface area contributed by atoms with E-state index in [1.54, 1.807) is 35.5 Å². The number of furan rings is 1. The van der Waals surface area contributed by atoms with Crippen molar-refractivity contribution in [2.45, 2.75) is 50.8 Å². The summed E-state index contributed by atoms with van der Waals surface area (Å²) in [6, 6.07) is 3.21. The first-order chi connectivity index (χ1) is 12.8. The molecular formula is C20H22N2O3S2. The van der Waals surface area contributed by atoms with Crippen molar-refractivity contribution in [3.05, 3.63) is 40.4 Å². The number of nitrogens with zero attached hydrogens (tertiary/aromatic N) is 2. The predicted molar refractivity (Wildman–Crippen MR) is 108 cm³/mol. The maximum atomic E-state index is 11.0. The summed E-state index contributed by atoms with van der Waals surface area (Å²) in [5, 5.41) is 11.1. The van der Waals surface area contributed by atoms with Gasteiger partial charge in [-0.05, 0) is 48.3 Å². The van der Waals surface area contributed by atoms with Crippen molar-refractivity contribution in [2.75, 3.05) is 0 Å². The molecule has 0 spiro atoms. The fraction of sp³-hybridized carbons (Fsp3) is 0.450. The zero-order valence-electron chi connectivity index (χ0n) is 15.6. The van der Waals surface area contributed by atoms with Crippen LogP contribution < -0.4 is 0 Å². The summed E-state index contributed by atoms with van der Waals surface area (Å²) in [4.78, 5) is 22.5. The maximum absolute atomic E-state index is 11.0. The van der Waals surface area contributed by atoms with Crippen molar-refractivity contribution >= 4 is 39.3 Å². The Kier molecular flexibility index (Phi) is 4.76. The van der Waals surface area contributed by atoms with Gasteiger partial charge >= 0.3 is 5.97 Å². The van der Waals surface area contributed by atoms with Crippen LogP contribution in [0.15, 0.2) is 27.9 Å². The quantitative estimate of drug-likeness (QED) is 0.463. The van der Waals surface area contributed by atoms with E-state index in [0.29, 0.717) is 22.8 Å². The molecule has 1 aliphatic carbocycles. The summed E-state index contributed by atoms with van der Waals surface area (Å²) >= 11 is 3.38. The number of carboxylic acids is 1. The van der Waals surface area contributed by atoms with Gasteiger partial charge in [0.25, 0.3) is 0 Å². The van der Waals surface area contributed by atoms with Crippen LogP contribution in [0, 0.1) is 11.3 Å². The first-order valence-corrected chi connectivity index (χ1v) is 10.8. The molecule has 0 aliphatic heterocycles. The second kappa shape index (κ2) is 6.95. The molecule has 5 nitrogen and oxygen atoms in total. The Morgan fingerprint density at radius 2 is 2.19 bits per heavy atom. The molecule has 1 aliphatic rings. The van der Waals surface area contributed by atoms with Gasteiger partial charge < -0.3 is 9.52 Å². The van der Waals surface area contributed by atoms with Gasteiger partial charge in [0.15, 0.2) is 0 Å². The minimum atomic E-state index is -1.05. The van der Waals surface area contributed by atoms with Gasteiger partial charge in [0.05, 0.1) is 5.75 Å². The van der Waals surface area contributed by atoms with Crippen LogP contribution in [-0.4, -0.2) is 21.0 Å². The molecule has 0 aromatic carbocycles. The van der Waals surface area contributed by atoms with Crippen molar-refractivity contribution in [1.29, 1.82) is 0 Å². The highest BCUT2D eigenvalue weighted by molar-refractivity contribution is 7.98. The molecule has 0 amide bonds. The molecule has 3 aromatic rings. The van der Waals surface area contributed by atoms with Gasteiger partial charge in [-0.15, -0.1) is 11.3 Å². The van der Waals surface area contributed by atoms with Crippen molar-refractivity contribution < 1.29 is 14.3 Å². The number of aromatic carboxylic acids is 1. The molecule has 0 bridgehead atoms. The summed E-state index contributed by atoms with van der Waals surface area (Å²) in [5.41, 5.74) is 1.72. The van der Waals surface area contributed by atoms with E-state index in [4.69, 9.17) is 9.52 Å². The monoisotopic (exact) mass is 402 g/mol. The smallest absolute Gasteiger partial charge is 0.371 e. The fourth-order valence-electron chi connectivity index (χ4n) is 3.64. The summed E-state index contributed by atoms with van der Waals surface area (Å²) in [7, 11) is 0. The van der Waals surface area contributed by atoms with Crippen LogP contribution in [0.1, 0.15) is 53.9 Å². The normalized spacial score (nSPS) is 17.2. The van der Waals surface area contributed by atoms with E-state index in [9.17, 15) is 4.79 Å². The largest absolute Gasteiger partial charge is 0.475 e. The highest BCUT2D eigenvalue weighted by Crippen LogP contribution is 2.44. The van der Waals surface area contributed by atoms with E-state index in [1.807, 2.05) is 0 Å². The lowest BCUT2D eigenvalue weighted by Crippen LogP contribution is -2.26. The number of carbonyl (C=O) groups is 1. The third-order valence-corrected chi connectivity index (χ3v) is 7.43. The molecule has 0 fully saturated rings. The molecule has 4 rings (SSSR count). The Bertz CT molecular complexity index is 1000. The van der Waals surface area contributed by atoms with E-state index >= 15 is 0 Å². The predicted octanol–water partition coefficient (Wildman–Crippen LogP) is 5.43. The van der Waals surface area contributed by atoms with Crippen LogP contribution in [0.4, 0.5) is 0 Å². The summed E-state index contributed by atoms with van der Waals surface area (Å²) in [6.07, 6.45) is 5.01. The Balaban J connectivity index is 1.61. The van der Waals surface area contributed by atoms with Crippen molar-refractivity contribution in [1.82, 2.24) is 9.97 Å². The minimum Gasteiger partial charge on any atom is -0.475 e. The summed E-state index contributed by atoms with van der Waals surface area (Å²) < 4.78 is 5.36. The topological polar surface area (TPSA) is 76.2 Å². The lowest BCUT2D eigenvalue weighted by molar-refractivity contribution is 0.0661. The van der Waals surface area contributed by atoms with Crippen molar-refractivity contribution in [3.63, 3.8) is 0 Å². The van der Waals surface area contributed by atoms with Crippen molar-refractivity contribution in [3.8, 4) is 0 Å². The van der Waals surface area contributed by atoms with Crippen LogP contribution in [0.3, 0.4) is 0 Å². The Labute approximate surface area is 166 Å². The molecule has 27 heavy (non-hydrogen) atoms. The molecule has 1 atom stereocenters. The highest BCUT2D eigenvalue weighted by Gasteiger charge is 2.31. The third kappa shape index (κ3) is 3.62. The molecule has 1 N–H and O–H groups in total. The van der Waals surface area contributed by atoms with E-state index in [-0.39, 0.29) is 5.76 Å². The maximum Gasteiger partial charge on any atom is 0.371 e. The van der Waals surface area contributed by atoms with E-state index < -0.39 is 5.97 Å². The molecule has 0 radical (unpaired) electrons. The first kappa shape index (κ1) is 18.5. The number of carboxylic acid groups (broad SMARTS) is 1. The number of thioether (sulfide) groups is 1. The highest BCUT2D eigenvalue weighted by atomic mass is 32.2. The lowest BCUT2D eigenvalue weighted by Gasteiger charge is -2.33. The summed E-state index contributed by atoms with van der Waals surface area (Å²) in [6.45, 7) is 6.98. The SMILES string of the molecule is CC(C)(C)C1CCc2c(sc3ncnc(SCc4ccc(C(=O)O)o4)c23)C1. The number of fused-ring (bicyclic) bond motifs is 3. The van der Waals surface area contributed by atoms with E-state index in [0.717, 1.165) is 22.7 Å². The number of aryl methyl sites for hydroxylation is 1. The average Bonchev–Trinajstić information content (AvgIpc) is 3.23. The fourth-order valence-corrected chi connectivity index (χ4v) is 5.89. The average molecular weight is 403 g/mol. The van der Waals surface area contributed by atoms with E-state index in [2.05, 4.69) is 30.7 Å². The number of hydrogen-bond acceptors (Lipinski definition) is 6. The molecule has 1 unspecified atom stereocenters. The molecule has 142 valence electrons. The Hall–Kier alpha value is -1.86. The van der Waals surface area contributed by atoms with Crippen LogP contribution >= 0.6 is 23.1 Å². The number of hydrogen-bond donors (Lipinski definition) is 1. The van der Waals surface area contributed by atoms with Crippen LogP contribution in [0.2, 0.25) is 0 Å². The molecule has 7 heteroatoms. The number of rotatable bonds is 4. The van der Waals surface area contributed by atoms with Gasteiger partial charge in [-0.1, -0.05) is 32.5 Å².